The van der Waals surface area contributed by atoms with Gasteiger partial charge in [0.2, 0.25) is 5.91 Å². The molecule has 1 aliphatic rings. The van der Waals surface area contributed by atoms with Crippen LogP contribution in [0.15, 0.2) is 18.2 Å². The molecule has 1 aromatic rings. The first-order valence-electron chi connectivity index (χ1n) is 8.66. The van der Waals surface area contributed by atoms with Gasteiger partial charge in [-0.2, -0.15) is 0 Å². The number of carbonyl (C=O) groups is 1. The van der Waals surface area contributed by atoms with E-state index < -0.39 is 0 Å². The lowest BCUT2D eigenvalue weighted by Crippen LogP contribution is -2.30. The Morgan fingerprint density at radius 3 is 2.48 bits per heavy atom. The minimum absolute atomic E-state index is 0.259. The van der Waals surface area contributed by atoms with E-state index in [0.717, 1.165) is 24.4 Å². The zero-order valence-corrected chi connectivity index (χ0v) is 14.6. The molecule has 2 rings (SSSR count). The molecule has 0 atom stereocenters. The summed E-state index contributed by atoms with van der Waals surface area (Å²) in [6.45, 7) is 3.40. The second kappa shape index (κ2) is 8.80. The minimum Gasteiger partial charge on any atom is -0.493 e. The maximum absolute atomic E-state index is 12.5. The first kappa shape index (κ1) is 17.6. The van der Waals surface area contributed by atoms with Crippen LogP contribution in [0.5, 0.6) is 11.5 Å². The Hall–Kier alpha value is -1.71. The van der Waals surface area contributed by atoms with Crippen LogP contribution in [-0.4, -0.2) is 31.6 Å². The van der Waals surface area contributed by atoms with Crippen molar-refractivity contribution < 1.29 is 14.3 Å². The van der Waals surface area contributed by atoms with Crippen LogP contribution < -0.4 is 9.47 Å². The third kappa shape index (κ3) is 4.88. The maximum Gasteiger partial charge on any atom is 0.222 e. The molecule has 0 heterocycles. The van der Waals surface area contributed by atoms with E-state index in [4.69, 9.17) is 9.47 Å². The van der Waals surface area contributed by atoms with Gasteiger partial charge < -0.3 is 14.4 Å². The van der Waals surface area contributed by atoms with Crippen LogP contribution >= 0.6 is 0 Å². The molecule has 1 aliphatic carbocycles. The number of carbonyl (C=O) groups excluding carboxylic acids is 1. The Bertz CT molecular complexity index is 509. The molecule has 0 aliphatic heterocycles. The fourth-order valence-electron chi connectivity index (χ4n) is 3.36. The normalized spacial score (nSPS) is 14.7. The molecule has 0 spiro atoms. The fraction of sp³-hybridized carbons (Fsp3) is 0.632. The van der Waals surface area contributed by atoms with Gasteiger partial charge in [0.1, 0.15) is 0 Å². The van der Waals surface area contributed by atoms with Crippen molar-refractivity contribution in [2.45, 2.75) is 52.0 Å². The van der Waals surface area contributed by atoms with Crippen molar-refractivity contribution >= 4 is 5.91 Å². The molecule has 1 aromatic carbocycles. The van der Waals surface area contributed by atoms with Gasteiger partial charge in [0.25, 0.3) is 0 Å². The van der Waals surface area contributed by atoms with Crippen molar-refractivity contribution in [3.05, 3.63) is 23.8 Å². The average Bonchev–Trinajstić information content (AvgIpc) is 3.10. The summed E-state index contributed by atoms with van der Waals surface area (Å²) in [4.78, 5) is 14.4. The molecule has 0 aromatic heterocycles. The van der Waals surface area contributed by atoms with Crippen LogP contribution in [0.3, 0.4) is 0 Å². The summed E-state index contributed by atoms with van der Waals surface area (Å²) in [6, 6.07) is 5.84. The maximum atomic E-state index is 12.5. The first-order valence-corrected chi connectivity index (χ1v) is 8.66. The summed E-state index contributed by atoms with van der Waals surface area (Å²) in [6.07, 6.45) is 6.99. The van der Waals surface area contributed by atoms with Gasteiger partial charge in [-0.25, -0.2) is 0 Å². The SMILES string of the molecule is CCN(Cc1ccc(OC)c(OC)c1)C(=O)CCC1CCCC1. The Morgan fingerprint density at radius 1 is 1.17 bits per heavy atom. The van der Waals surface area contributed by atoms with Gasteiger partial charge in [0.05, 0.1) is 14.2 Å². The van der Waals surface area contributed by atoms with Crippen molar-refractivity contribution in [3.8, 4) is 11.5 Å². The molecular weight excluding hydrogens is 290 g/mol. The minimum atomic E-state index is 0.259. The van der Waals surface area contributed by atoms with Crippen molar-refractivity contribution in [1.82, 2.24) is 4.90 Å². The molecule has 128 valence electrons. The van der Waals surface area contributed by atoms with Gasteiger partial charge in [-0.05, 0) is 37.0 Å². The summed E-state index contributed by atoms with van der Waals surface area (Å²) in [7, 11) is 3.26. The van der Waals surface area contributed by atoms with E-state index in [1.54, 1.807) is 14.2 Å². The highest BCUT2D eigenvalue weighted by Gasteiger charge is 2.19. The molecule has 0 unspecified atom stereocenters. The summed E-state index contributed by atoms with van der Waals surface area (Å²) < 4.78 is 10.6. The van der Waals surface area contributed by atoms with Gasteiger partial charge in [0.15, 0.2) is 11.5 Å². The second-order valence-electron chi connectivity index (χ2n) is 6.29. The number of hydrogen-bond acceptors (Lipinski definition) is 3. The molecule has 0 N–H and O–H groups in total. The van der Waals surface area contributed by atoms with E-state index in [2.05, 4.69) is 0 Å². The Labute approximate surface area is 139 Å². The number of benzene rings is 1. The predicted molar refractivity (Wildman–Crippen MR) is 91.8 cm³/mol. The number of methoxy groups -OCH3 is 2. The molecule has 4 nitrogen and oxygen atoms in total. The number of rotatable bonds is 8. The van der Waals surface area contributed by atoms with E-state index in [0.29, 0.717) is 24.5 Å². The standard InChI is InChI=1S/C19H29NO3/c1-4-20(19(21)12-10-15-7-5-6-8-15)14-16-9-11-17(22-2)18(13-16)23-3/h9,11,13,15H,4-8,10,12,14H2,1-3H3. The van der Waals surface area contributed by atoms with Gasteiger partial charge in [-0.15, -0.1) is 0 Å². The van der Waals surface area contributed by atoms with Crippen molar-refractivity contribution in [3.63, 3.8) is 0 Å². The molecule has 0 radical (unpaired) electrons. The molecule has 0 bridgehead atoms. The fourth-order valence-corrected chi connectivity index (χ4v) is 3.36. The Kier molecular flexibility index (Phi) is 6.75. The molecule has 1 amide bonds. The smallest absolute Gasteiger partial charge is 0.222 e. The molecular formula is C19H29NO3. The lowest BCUT2D eigenvalue weighted by atomic mass is 10.0. The van der Waals surface area contributed by atoms with E-state index >= 15 is 0 Å². The van der Waals surface area contributed by atoms with Crippen LogP contribution in [0.25, 0.3) is 0 Å². The van der Waals surface area contributed by atoms with Crippen LogP contribution in [0.1, 0.15) is 51.0 Å². The number of hydrogen-bond donors (Lipinski definition) is 0. The topological polar surface area (TPSA) is 38.8 Å². The van der Waals surface area contributed by atoms with E-state index in [1.165, 1.54) is 25.7 Å². The van der Waals surface area contributed by atoms with Crippen molar-refractivity contribution in [1.29, 1.82) is 0 Å². The summed E-state index contributed by atoms with van der Waals surface area (Å²) in [5.74, 6) is 2.44. The third-order valence-corrected chi connectivity index (χ3v) is 4.80. The summed E-state index contributed by atoms with van der Waals surface area (Å²) >= 11 is 0. The van der Waals surface area contributed by atoms with Gasteiger partial charge >= 0.3 is 0 Å². The lowest BCUT2D eigenvalue weighted by molar-refractivity contribution is -0.131. The average molecular weight is 319 g/mol. The monoisotopic (exact) mass is 319 g/mol. The highest BCUT2D eigenvalue weighted by atomic mass is 16.5. The van der Waals surface area contributed by atoms with Crippen molar-refractivity contribution in [2.24, 2.45) is 5.92 Å². The third-order valence-electron chi connectivity index (χ3n) is 4.80. The summed E-state index contributed by atoms with van der Waals surface area (Å²) in [5.41, 5.74) is 1.07. The molecule has 4 heteroatoms. The molecule has 0 saturated heterocycles. The van der Waals surface area contributed by atoms with Crippen LogP contribution in [0, 0.1) is 5.92 Å². The van der Waals surface area contributed by atoms with E-state index in [1.807, 2.05) is 30.0 Å². The zero-order valence-electron chi connectivity index (χ0n) is 14.6. The largest absolute Gasteiger partial charge is 0.493 e. The van der Waals surface area contributed by atoms with Gasteiger partial charge in [-0.3, -0.25) is 4.79 Å². The van der Waals surface area contributed by atoms with Crippen molar-refractivity contribution in [2.75, 3.05) is 20.8 Å². The summed E-state index contributed by atoms with van der Waals surface area (Å²) in [5, 5.41) is 0. The highest BCUT2D eigenvalue weighted by Crippen LogP contribution is 2.30. The van der Waals surface area contributed by atoms with E-state index in [9.17, 15) is 4.79 Å². The first-order chi connectivity index (χ1) is 11.2. The van der Waals surface area contributed by atoms with Crippen LogP contribution in [0.4, 0.5) is 0 Å². The van der Waals surface area contributed by atoms with Crippen LogP contribution in [0.2, 0.25) is 0 Å². The van der Waals surface area contributed by atoms with Gasteiger partial charge in [0, 0.05) is 19.5 Å². The number of nitrogens with zero attached hydrogens (tertiary/aromatic N) is 1. The molecule has 23 heavy (non-hydrogen) atoms. The molecule has 1 fully saturated rings. The Balaban J connectivity index is 1.93. The van der Waals surface area contributed by atoms with Crippen LogP contribution in [-0.2, 0) is 11.3 Å². The molecule has 1 saturated carbocycles. The second-order valence-corrected chi connectivity index (χ2v) is 6.29. The van der Waals surface area contributed by atoms with Gasteiger partial charge in [-0.1, -0.05) is 31.7 Å². The lowest BCUT2D eigenvalue weighted by Gasteiger charge is -2.22. The number of amides is 1. The van der Waals surface area contributed by atoms with E-state index in [-0.39, 0.29) is 5.91 Å². The number of ether oxygens (including phenoxy) is 2. The quantitative estimate of drug-likeness (QED) is 0.726. The zero-order chi connectivity index (χ0) is 16.7. The highest BCUT2D eigenvalue weighted by molar-refractivity contribution is 5.76. The Morgan fingerprint density at radius 2 is 1.87 bits per heavy atom. The predicted octanol–water partition coefficient (Wildman–Crippen LogP) is 4.02.